The molecular formula is C15H27NO4S. The molecule has 0 radical (unpaired) electrons. The highest BCUT2D eigenvalue weighted by atomic mass is 32.2. The maximum absolute atomic E-state index is 11.9. The molecule has 1 saturated carbocycles. The molecule has 0 bridgehead atoms. The van der Waals surface area contributed by atoms with E-state index in [2.05, 4.69) is 0 Å². The van der Waals surface area contributed by atoms with E-state index in [1.165, 1.54) is 25.5 Å². The maximum Gasteiger partial charge on any atom is 0.211 e. The fraction of sp³-hybridized carbons (Fsp3) is 1.00. The summed E-state index contributed by atoms with van der Waals surface area (Å²) in [5, 5.41) is 0. The Morgan fingerprint density at radius 2 is 2.10 bits per heavy atom. The Morgan fingerprint density at radius 1 is 1.29 bits per heavy atom. The first kappa shape index (κ1) is 15.7. The molecule has 0 spiro atoms. The predicted molar refractivity (Wildman–Crippen MR) is 80.6 cm³/mol. The Kier molecular flexibility index (Phi) is 4.60. The van der Waals surface area contributed by atoms with E-state index >= 15 is 0 Å². The van der Waals surface area contributed by atoms with Gasteiger partial charge in [-0.25, -0.2) is 12.7 Å². The van der Waals surface area contributed by atoms with Crippen molar-refractivity contribution in [2.75, 3.05) is 39.2 Å². The summed E-state index contributed by atoms with van der Waals surface area (Å²) in [5.41, 5.74) is -0.136. The van der Waals surface area contributed by atoms with Crippen molar-refractivity contribution in [1.82, 2.24) is 4.31 Å². The molecule has 2 aliphatic heterocycles. The van der Waals surface area contributed by atoms with Crippen molar-refractivity contribution in [3.05, 3.63) is 0 Å². The molecule has 3 aliphatic rings. The Hall–Kier alpha value is -0.170. The Balaban J connectivity index is 1.65. The molecule has 1 aliphatic carbocycles. The number of fused-ring (bicyclic) bond motifs is 1. The van der Waals surface area contributed by atoms with Gasteiger partial charge in [0.15, 0.2) is 0 Å². The highest BCUT2D eigenvalue weighted by molar-refractivity contribution is 7.88. The second-order valence-electron chi connectivity index (χ2n) is 7.02. The first-order valence-electron chi connectivity index (χ1n) is 8.14. The number of ether oxygens (including phenoxy) is 2. The molecule has 0 amide bonds. The molecule has 0 unspecified atom stereocenters. The fourth-order valence-corrected chi connectivity index (χ4v) is 4.76. The normalized spacial score (nSPS) is 35.2. The lowest BCUT2D eigenvalue weighted by molar-refractivity contribution is -0.145. The third-order valence-corrected chi connectivity index (χ3v) is 6.64. The SMILES string of the molecule is CS(=O)(=O)N1CC[C@H]2OCCC[C@]2(COCC2CCC2)C1. The van der Waals surface area contributed by atoms with Crippen LogP contribution in [0.4, 0.5) is 0 Å². The molecule has 5 nitrogen and oxygen atoms in total. The lowest BCUT2D eigenvalue weighted by Gasteiger charge is -2.49. The standard InChI is InChI=1S/C15H27NO4S/c1-21(17,18)16-8-6-14-15(11-16,7-3-9-20-14)12-19-10-13-4-2-5-13/h13-14H,2-12H2,1H3/t14-,15-/m1/s1. The molecule has 2 atom stereocenters. The minimum atomic E-state index is -3.13. The van der Waals surface area contributed by atoms with Crippen LogP contribution in [0.2, 0.25) is 0 Å². The lowest BCUT2D eigenvalue weighted by Crippen LogP contribution is -2.58. The van der Waals surface area contributed by atoms with Crippen LogP contribution in [0.15, 0.2) is 0 Å². The zero-order valence-electron chi connectivity index (χ0n) is 12.9. The Labute approximate surface area is 128 Å². The van der Waals surface area contributed by atoms with Crippen LogP contribution in [0.3, 0.4) is 0 Å². The topological polar surface area (TPSA) is 55.8 Å². The summed E-state index contributed by atoms with van der Waals surface area (Å²) in [7, 11) is -3.13. The van der Waals surface area contributed by atoms with E-state index in [1.807, 2.05) is 0 Å². The van der Waals surface area contributed by atoms with Gasteiger partial charge in [0.05, 0.1) is 19.0 Å². The van der Waals surface area contributed by atoms with Crippen molar-refractivity contribution in [3.8, 4) is 0 Å². The van der Waals surface area contributed by atoms with E-state index < -0.39 is 10.0 Å². The summed E-state index contributed by atoms with van der Waals surface area (Å²) < 4.78 is 37.3. The number of rotatable bonds is 5. The molecule has 6 heteroatoms. The fourth-order valence-electron chi connectivity index (χ4n) is 3.83. The summed E-state index contributed by atoms with van der Waals surface area (Å²) >= 11 is 0. The summed E-state index contributed by atoms with van der Waals surface area (Å²) in [6, 6.07) is 0. The van der Waals surface area contributed by atoms with Gasteiger partial charge in [0.25, 0.3) is 0 Å². The van der Waals surface area contributed by atoms with E-state index in [0.717, 1.165) is 38.4 Å². The highest BCUT2D eigenvalue weighted by Crippen LogP contribution is 2.41. The quantitative estimate of drug-likeness (QED) is 0.773. The average molecular weight is 317 g/mol. The number of hydrogen-bond acceptors (Lipinski definition) is 4. The monoisotopic (exact) mass is 317 g/mol. The Morgan fingerprint density at radius 3 is 2.76 bits per heavy atom. The van der Waals surface area contributed by atoms with Crippen LogP contribution in [-0.2, 0) is 19.5 Å². The predicted octanol–water partition coefficient (Wildman–Crippen LogP) is 1.63. The van der Waals surface area contributed by atoms with Gasteiger partial charge in [-0.15, -0.1) is 0 Å². The molecule has 0 N–H and O–H groups in total. The molecule has 3 rings (SSSR count). The van der Waals surface area contributed by atoms with Crippen molar-refractivity contribution < 1.29 is 17.9 Å². The van der Waals surface area contributed by atoms with Gasteiger partial charge in [0.1, 0.15) is 0 Å². The van der Waals surface area contributed by atoms with Gasteiger partial charge in [-0.3, -0.25) is 0 Å². The van der Waals surface area contributed by atoms with Crippen LogP contribution in [0.1, 0.15) is 38.5 Å². The zero-order valence-corrected chi connectivity index (χ0v) is 13.7. The van der Waals surface area contributed by atoms with Gasteiger partial charge in [0, 0.05) is 31.7 Å². The molecule has 0 aromatic heterocycles. The van der Waals surface area contributed by atoms with Gasteiger partial charge < -0.3 is 9.47 Å². The second-order valence-corrected chi connectivity index (χ2v) is 9.01. The van der Waals surface area contributed by atoms with Gasteiger partial charge in [-0.2, -0.15) is 0 Å². The van der Waals surface area contributed by atoms with Crippen LogP contribution in [0, 0.1) is 11.3 Å². The maximum atomic E-state index is 11.9. The highest BCUT2D eigenvalue weighted by Gasteiger charge is 2.48. The van der Waals surface area contributed by atoms with Crippen LogP contribution >= 0.6 is 0 Å². The van der Waals surface area contributed by atoms with E-state index in [-0.39, 0.29) is 11.5 Å². The zero-order chi connectivity index (χ0) is 14.9. The first-order chi connectivity index (χ1) is 10.00. The summed E-state index contributed by atoms with van der Waals surface area (Å²) in [5.74, 6) is 0.721. The largest absolute Gasteiger partial charge is 0.380 e. The summed E-state index contributed by atoms with van der Waals surface area (Å²) in [6.07, 6.45) is 8.15. The van der Waals surface area contributed by atoms with Crippen molar-refractivity contribution in [1.29, 1.82) is 0 Å². The second kappa shape index (κ2) is 6.14. The van der Waals surface area contributed by atoms with Crippen molar-refractivity contribution in [2.45, 2.75) is 44.6 Å². The lowest BCUT2D eigenvalue weighted by atomic mass is 9.73. The van der Waals surface area contributed by atoms with E-state index in [0.29, 0.717) is 19.7 Å². The average Bonchev–Trinajstić information content (AvgIpc) is 2.40. The van der Waals surface area contributed by atoms with Crippen LogP contribution < -0.4 is 0 Å². The Bertz CT molecular complexity index is 462. The van der Waals surface area contributed by atoms with Gasteiger partial charge in [-0.05, 0) is 38.0 Å². The van der Waals surface area contributed by atoms with Gasteiger partial charge in [0.2, 0.25) is 10.0 Å². The first-order valence-corrected chi connectivity index (χ1v) is 9.99. The minimum absolute atomic E-state index is 0.136. The van der Waals surface area contributed by atoms with Crippen LogP contribution in [0.5, 0.6) is 0 Å². The summed E-state index contributed by atoms with van der Waals surface area (Å²) in [4.78, 5) is 0. The number of piperidine rings is 1. The number of nitrogens with zero attached hydrogens (tertiary/aromatic N) is 1. The molecule has 2 heterocycles. The van der Waals surface area contributed by atoms with E-state index in [9.17, 15) is 8.42 Å². The number of hydrogen-bond donors (Lipinski definition) is 0. The third-order valence-electron chi connectivity index (χ3n) is 5.39. The van der Waals surface area contributed by atoms with Gasteiger partial charge in [-0.1, -0.05) is 6.42 Å². The van der Waals surface area contributed by atoms with Crippen LogP contribution in [-0.4, -0.2) is 58.0 Å². The van der Waals surface area contributed by atoms with Crippen molar-refractivity contribution in [2.24, 2.45) is 11.3 Å². The van der Waals surface area contributed by atoms with E-state index in [4.69, 9.17) is 9.47 Å². The third kappa shape index (κ3) is 3.44. The van der Waals surface area contributed by atoms with Crippen molar-refractivity contribution >= 4 is 10.0 Å². The molecule has 21 heavy (non-hydrogen) atoms. The van der Waals surface area contributed by atoms with Crippen LogP contribution in [0.25, 0.3) is 0 Å². The van der Waals surface area contributed by atoms with Crippen molar-refractivity contribution in [3.63, 3.8) is 0 Å². The molecule has 122 valence electrons. The summed E-state index contributed by atoms with van der Waals surface area (Å²) in [6.45, 7) is 3.40. The van der Waals surface area contributed by atoms with Gasteiger partial charge >= 0.3 is 0 Å². The molecular weight excluding hydrogens is 290 g/mol. The molecule has 0 aromatic rings. The molecule has 3 fully saturated rings. The molecule has 2 saturated heterocycles. The van der Waals surface area contributed by atoms with E-state index in [1.54, 1.807) is 4.31 Å². The smallest absolute Gasteiger partial charge is 0.211 e. The molecule has 0 aromatic carbocycles. The minimum Gasteiger partial charge on any atom is -0.380 e. The number of sulfonamides is 1.